The van der Waals surface area contributed by atoms with Gasteiger partial charge in [-0.1, -0.05) is 57.7 Å². The Hall–Kier alpha value is -5.63. The molecule has 4 heterocycles. The zero-order valence-corrected chi connectivity index (χ0v) is 32.2. The van der Waals surface area contributed by atoms with Crippen LogP contribution >= 0.6 is 0 Å². The van der Waals surface area contributed by atoms with Gasteiger partial charge in [0.15, 0.2) is 0 Å². The number of hydrogen-bond acceptors (Lipinski definition) is 6. The van der Waals surface area contributed by atoms with Gasteiger partial charge < -0.3 is 29.8 Å². The Bertz CT molecular complexity index is 2330. The monoisotopic (exact) mass is 739 g/mol. The van der Waals surface area contributed by atoms with Crippen molar-refractivity contribution in [1.29, 1.82) is 0 Å². The highest BCUT2D eigenvalue weighted by molar-refractivity contribution is 5.88. The molecule has 3 amide bonds. The number of carbonyl (C=O) groups excluding carboxylic acids is 3. The van der Waals surface area contributed by atoms with Crippen molar-refractivity contribution < 1.29 is 19.1 Å². The first-order valence-electron chi connectivity index (χ1n) is 19.6. The highest BCUT2D eigenvalue weighted by Crippen LogP contribution is 2.50. The molecule has 8 rings (SSSR count). The first-order chi connectivity index (χ1) is 26.6. The van der Waals surface area contributed by atoms with Crippen molar-refractivity contribution in [2.45, 2.75) is 90.4 Å². The molecule has 0 unspecified atom stereocenters. The summed E-state index contributed by atoms with van der Waals surface area (Å²) < 4.78 is 4.77. The maximum Gasteiger partial charge on any atom is 0.407 e. The predicted molar refractivity (Wildman–Crippen MR) is 212 cm³/mol. The molecule has 0 radical (unpaired) electrons. The van der Waals surface area contributed by atoms with Crippen LogP contribution in [-0.4, -0.2) is 73.4 Å². The Balaban J connectivity index is 0.966. The van der Waals surface area contributed by atoms with E-state index in [2.05, 4.69) is 82.3 Å². The third-order valence-corrected chi connectivity index (χ3v) is 11.6. The number of piperidine rings is 1. The topological polar surface area (TPSA) is 136 Å². The van der Waals surface area contributed by atoms with Crippen molar-refractivity contribution >= 4 is 39.7 Å². The molecule has 5 aromatic rings. The normalized spacial score (nSPS) is 21.1. The zero-order chi connectivity index (χ0) is 38.4. The fourth-order valence-electron chi connectivity index (χ4n) is 8.88. The predicted octanol–water partition coefficient (Wildman–Crippen LogP) is 7.65. The van der Waals surface area contributed by atoms with Gasteiger partial charge in [0.1, 0.15) is 17.7 Å². The van der Waals surface area contributed by atoms with Crippen molar-refractivity contribution in [2.75, 3.05) is 13.7 Å². The maximum absolute atomic E-state index is 13.6. The van der Waals surface area contributed by atoms with Crippen LogP contribution in [0, 0.1) is 29.6 Å². The van der Waals surface area contributed by atoms with E-state index in [1.165, 1.54) is 7.11 Å². The number of amides is 3. The Morgan fingerprint density at radius 2 is 1.69 bits per heavy atom. The van der Waals surface area contributed by atoms with Crippen LogP contribution in [0.2, 0.25) is 0 Å². The van der Waals surface area contributed by atoms with Gasteiger partial charge in [0.05, 0.1) is 42.1 Å². The fourth-order valence-corrected chi connectivity index (χ4v) is 8.88. The number of nitrogens with zero attached hydrogens (tertiary/aromatic N) is 4. The minimum absolute atomic E-state index is 0.0227. The van der Waals surface area contributed by atoms with Gasteiger partial charge >= 0.3 is 6.09 Å². The molecule has 0 spiro atoms. The molecule has 5 atom stereocenters. The molecule has 11 nitrogen and oxygen atoms in total. The Morgan fingerprint density at radius 3 is 2.47 bits per heavy atom. The highest BCUT2D eigenvalue weighted by Gasteiger charge is 2.49. The number of carbonyl (C=O) groups is 3. The molecule has 1 aliphatic carbocycles. The van der Waals surface area contributed by atoms with Gasteiger partial charge in [0.2, 0.25) is 11.8 Å². The van der Waals surface area contributed by atoms with E-state index in [4.69, 9.17) is 14.7 Å². The van der Waals surface area contributed by atoms with E-state index in [-0.39, 0.29) is 29.8 Å². The van der Waals surface area contributed by atoms with Gasteiger partial charge in [0.25, 0.3) is 0 Å². The van der Waals surface area contributed by atoms with Crippen LogP contribution < -0.4 is 5.32 Å². The average Bonchev–Trinajstić information content (AvgIpc) is 4.03. The number of rotatable bonds is 8. The SMILES string of the molecule is COC(=O)N[C@H](C(=O)N1CCC[C@H]1c1ncc(-c2ccc3cc(C#Cc4ccc5nc([C@@H]6[C@H]7CC[C@H](C7)N6C(=O)CC(C)C)[nH]c5c4)ccc3c2)[nH]1)C(C)C. The molecule has 1 saturated carbocycles. The summed E-state index contributed by atoms with van der Waals surface area (Å²) >= 11 is 0. The summed E-state index contributed by atoms with van der Waals surface area (Å²) in [5, 5.41) is 4.87. The van der Waals surface area contributed by atoms with Crippen LogP contribution in [0.1, 0.15) is 101 Å². The number of methoxy groups -OCH3 is 1. The smallest absolute Gasteiger partial charge is 0.407 e. The molecule has 2 aliphatic heterocycles. The van der Waals surface area contributed by atoms with Crippen LogP contribution in [0.5, 0.6) is 0 Å². The fraction of sp³-hybridized carbons (Fsp3) is 0.432. The number of H-pyrrole nitrogens is 2. The molecule has 284 valence electrons. The Labute approximate surface area is 321 Å². The molecule has 2 aromatic heterocycles. The number of ether oxygens (including phenoxy) is 1. The summed E-state index contributed by atoms with van der Waals surface area (Å²) in [4.78, 5) is 59.4. The second kappa shape index (κ2) is 14.9. The van der Waals surface area contributed by atoms with Crippen molar-refractivity contribution in [3.63, 3.8) is 0 Å². The molecular weight excluding hydrogens is 691 g/mol. The van der Waals surface area contributed by atoms with Crippen LogP contribution in [0.25, 0.3) is 33.1 Å². The zero-order valence-electron chi connectivity index (χ0n) is 32.2. The third-order valence-electron chi connectivity index (χ3n) is 11.6. The van der Waals surface area contributed by atoms with Gasteiger partial charge in [-0.15, -0.1) is 0 Å². The molecule has 3 N–H and O–H groups in total. The lowest BCUT2D eigenvalue weighted by molar-refractivity contribution is -0.137. The molecule has 2 bridgehead atoms. The van der Waals surface area contributed by atoms with E-state index in [9.17, 15) is 14.4 Å². The van der Waals surface area contributed by atoms with E-state index >= 15 is 0 Å². The molecule has 2 saturated heterocycles. The molecular formula is C44H49N7O4. The number of imidazole rings is 2. The number of nitrogens with one attached hydrogen (secondary N) is 3. The van der Waals surface area contributed by atoms with Crippen LogP contribution in [0.15, 0.2) is 60.8 Å². The standard InChI is InChI=1S/C44H49N7O4/c1-25(2)19-38(52)51-33-16-15-32(23-33)40(51)42-46-34-17-11-28(21-35(34)47-42)9-8-27-10-12-30-22-31(14-13-29(30)20-27)36-24-45-41(48-36)37-7-6-18-50(37)43(53)39(26(3)4)49-44(54)55-5/h10-14,17,20-22,24-26,32-33,37,39-40H,6-7,15-16,18-19,23H2,1-5H3,(H,45,48)(H,46,47)(H,49,54)/t32-,33+,37-,39-,40-/m0/s1. The van der Waals surface area contributed by atoms with Crippen LogP contribution in [-0.2, 0) is 14.3 Å². The first kappa shape index (κ1) is 36.4. The van der Waals surface area contributed by atoms with Crippen LogP contribution in [0.3, 0.4) is 0 Å². The van der Waals surface area contributed by atoms with E-state index in [0.29, 0.717) is 30.8 Å². The molecule has 3 aromatic carbocycles. The minimum atomic E-state index is -0.678. The third kappa shape index (κ3) is 7.18. The van der Waals surface area contributed by atoms with Gasteiger partial charge in [-0.25, -0.2) is 14.8 Å². The lowest BCUT2D eigenvalue weighted by atomic mass is 9.97. The number of fused-ring (bicyclic) bond motifs is 4. The minimum Gasteiger partial charge on any atom is -0.453 e. The average molecular weight is 740 g/mol. The largest absolute Gasteiger partial charge is 0.453 e. The first-order valence-corrected chi connectivity index (χ1v) is 19.6. The Kier molecular flexibility index (Phi) is 9.84. The van der Waals surface area contributed by atoms with E-state index in [1.54, 1.807) is 0 Å². The summed E-state index contributed by atoms with van der Waals surface area (Å²) in [5.41, 5.74) is 5.53. The van der Waals surface area contributed by atoms with Gasteiger partial charge in [-0.05, 0) is 97.0 Å². The van der Waals surface area contributed by atoms with Crippen molar-refractivity contribution in [2.24, 2.45) is 17.8 Å². The van der Waals surface area contributed by atoms with Crippen molar-refractivity contribution in [3.8, 4) is 23.1 Å². The lowest BCUT2D eigenvalue weighted by Crippen LogP contribution is -2.51. The summed E-state index contributed by atoms with van der Waals surface area (Å²) in [7, 11) is 1.30. The number of aromatic nitrogens is 4. The quantitative estimate of drug-likeness (QED) is 0.140. The summed E-state index contributed by atoms with van der Waals surface area (Å²) in [6.45, 7) is 8.63. The lowest BCUT2D eigenvalue weighted by Gasteiger charge is -2.34. The van der Waals surface area contributed by atoms with Gasteiger partial charge in [-0.3, -0.25) is 9.59 Å². The number of aromatic amines is 2. The van der Waals surface area contributed by atoms with Gasteiger partial charge in [0, 0.05) is 35.7 Å². The van der Waals surface area contributed by atoms with E-state index in [0.717, 1.165) is 87.9 Å². The van der Waals surface area contributed by atoms with Crippen LogP contribution in [0.4, 0.5) is 4.79 Å². The van der Waals surface area contributed by atoms with Gasteiger partial charge in [-0.2, -0.15) is 0 Å². The van der Waals surface area contributed by atoms with Crippen molar-refractivity contribution in [1.82, 2.24) is 35.1 Å². The summed E-state index contributed by atoms with van der Waals surface area (Å²) in [5.74, 6) is 9.14. The maximum atomic E-state index is 13.6. The number of alkyl carbamates (subject to hydrolysis) is 1. The highest BCUT2D eigenvalue weighted by atomic mass is 16.5. The summed E-state index contributed by atoms with van der Waals surface area (Å²) in [6.07, 6.45) is 6.74. The number of benzene rings is 3. The summed E-state index contributed by atoms with van der Waals surface area (Å²) in [6, 6.07) is 18.1. The number of likely N-dealkylation sites (tertiary alicyclic amines) is 2. The van der Waals surface area contributed by atoms with E-state index in [1.807, 2.05) is 43.1 Å². The molecule has 11 heteroatoms. The second-order valence-electron chi connectivity index (χ2n) is 16.2. The Morgan fingerprint density at radius 1 is 0.927 bits per heavy atom. The van der Waals surface area contributed by atoms with Crippen molar-refractivity contribution in [3.05, 3.63) is 83.6 Å². The molecule has 3 aliphatic rings. The molecule has 55 heavy (non-hydrogen) atoms. The molecule has 3 fully saturated rings. The number of hydrogen-bond donors (Lipinski definition) is 3. The second-order valence-corrected chi connectivity index (χ2v) is 16.2. The van der Waals surface area contributed by atoms with E-state index < -0.39 is 12.1 Å².